The summed E-state index contributed by atoms with van der Waals surface area (Å²) in [6.07, 6.45) is 0. The second kappa shape index (κ2) is 8.22. The monoisotopic (exact) mass is 312 g/mol. The first-order valence-electron chi connectivity index (χ1n) is 7.96. The molecule has 0 fully saturated rings. The van der Waals surface area contributed by atoms with Gasteiger partial charge in [0.05, 0.1) is 6.61 Å². The molecule has 0 saturated carbocycles. The van der Waals surface area contributed by atoms with Gasteiger partial charge in [0.15, 0.2) is 0 Å². The van der Waals surface area contributed by atoms with Gasteiger partial charge in [0.25, 0.3) is 0 Å². The smallest absolute Gasteiger partial charge is 0.319 e. The summed E-state index contributed by atoms with van der Waals surface area (Å²) in [5.74, 6) is 1.16. The number of hydrogen-bond acceptors (Lipinski definition) is 2. The summed E-state index contributed by atoms with van der Waals surface area (Å²) in [6.45, 7) is 7.18. The maximum Gasteiger partial charge on any atom is 0.319 e. The van der Waals surface area contributed by atoms with E-state index in [1.165, 1.54) is 0 Å². The molecule has 0 spiro atoms. The highest BCUT2D eigenvalue weighted by Gasteiger charge is 2.09. The van der Waals surface area contributed by atoms with E-state index < -0.39 is 0 Å². The van der Waals surface area contributed by atoms with Crippen molar-refractivity contribution in [2.24, 2.45) is 0 Å². The molecule has 0 atom stereocenters. The minimum Gasteiger partial charge on any atom is -0.494 e. The van der Waals surface area contributed by atoms with Crippen LogP contribution in [-0.2, 0) is 6.54 Å². The number of para-hydroxylation sites is 2. The zero-order valence-corrected chi connectivity index (χ0v) is 13.9. The maximum absolute atomic E-state index is 12.2. The van der Waals surface area contributed by atoms with E-state index in [1.54, 1.807) is 0 Å². The highest BCUT2D eigenvalue weighted by Crippen LogP contribution is 2.23. The Morgan fingerprint density at radius 1 is 1.09 bits per heavy atom. The lowest BCUT2D eigenvalue weighted by Gasteiger charge is -2.15. The lowest BCUT2D eigenvalue weighted by molar-refractivity contribution is 0.251. The van der Waals surface area contributed by atoms with Crippen LogP contribution in [-0.4, -0.2) is 12.6 Å². The predicted molar refractivity (Wildman–Crippen MR) is 94.0 cm³/mol. The van der Waals surface area contributed by atoms with Crippen LogP contribution < -0.4 is 15.4 Å². The van der Waals surface area contributed by atoms with Crippen molar-refractivity contribution in [2.75, 3.05) is 11.9 Å². The molecule has 2 amide bonds. The average molecular weight is 312 g/mol. The Balaban J connectivity index is 1.99. The average Bonchev–Trinajstić information content (AvgIpc) is 2.54. The Kier molecular flexibility index (Phi) is 6.03. The van der Waals surface area contributed by atoms with Crippen molar-refractivity contribution in [1.29, 1.82) is 0 Å². The first-order valence-corrected chi connectivity index (χ1v) is 7.96. The summed E-state index contributed by atoms with van der Waals surface area (Å²) in [6, 6.07) is 15.4. The summed E-state index contributed by atoms with van der Waals surface area (Å²) in [7, 11) is 0. The number of carbonyl (C=O) groups is 1. The molecule has 0 bridgehead atoms. The van der Waals surface area contributed by atoms with E-state index in [0.717, 1.165) is 22.6 Å². The number of nitrogens with one attached hydrogen (secondary N) is 2. The molecule has 0 saturated heterocycles. The number of urea groups is 1. The topological polar surface area (TPSA) is 50.4 Å². The zero-order valence-electron chi connectivity index (χ0n) is 13.9. The molecule has 2 aromatic carbocycles. The SMILES string of the molecule is CCOc1ccccc1CNC(=O)Nc1ccccc1C(C)C. The van der Waals surface area contributed by atoms with Crippen molar-refractivity contribution >= 4 is 11.7 Å². The molecule has 0 aromatic heterocycles. The molecule has 0 aliphatic heterocycles. The van der Waals surface area contributed by atoms with Crippen molar-refractivity contribution < 1.29 is 9.53 Å². The molecule has 0 radical (unpaired) electrons. The van der Waals surface area contributed by atoms with Crippen LogP contribution in [0.2, 0.25) is 0 Å². The highest BCUT2D eigenvalue weighted by molar-refractivity contribution is 5.90. The molecule has 4 nitrogen and oxygen atoms in total. The fourth-order valence-corrected chi connectivity index (χ4v) is 2.40. The normalized spacial score (nSPS) is 10.4. The van der Waals surface area contributed by atoms with E-state index >= 15 is 0 Å². The molecule has 2 N–H and O–H groups in total. The Morgan fingerprint density at radius 3 is 2.52 bits per heavy atom. The molecular weight excluding hydrogens is 288 g/mol. The van der Waals surface area contributed by atoms with Gasteiger partial charge in [0.2, 0.25) is 0 Å². The van der Waals surface area contributed by atoms with E-state index in [0.29, 0.717) is 19.1 Å². The van der Waals surface area contributed by atoms with E-state index in [-0.39, 0.29) is 6.03 Å². The molecule has 2 aromatic rings. The summed E-state index contributed by atoms with van der Waals surface area (Å²) in [5, 5.41) is 5.81. The summed E-state index contributed by atoms with van der Waals surface area (Å²) in [4.78, 5) is 12.2. The number of hydrogen-bond donors (Lipinski definition) is 2. The standard InChI is InChI=1S/C19H24N2O2/c1-4-23-18-12-8-5-9-15(18)13-20-19(22)21-17-11-7-6-10-16(17)14(2)3/h5-12,14H,4,13H2,1-3H3,(H2,20,21,22). The van der Waals surface area contributed by atoms with Crippen LogP contribution in [0.3, 0.4) is 0 Å². The van der Waals surface area contributed by atoms with Crippen molar-refractivity contribution in [3.8, 4) is 5.75 Å². The van der Waals surface area contributed by atoms with Crippen molar-refractivity contribution in [2.45, 2.75) is 33.2 Å². The highest BCUT2D eigenvalue weighted by atomic mass is 16.5. The van der Waals surface area contributed by atoms with Crippen molar-refractivity contribution in [3.05, 3.63) is 59.7 Å². The second-order valence-corrected chi connectivity index (χ2v) is 5.59. The fourth-order valence-electron chi connectivity index (χ4n) is 2.40. The predicted octanol–water partition coefficient (Wildman–Crippen LogP) is 4.53. The molecule has 0 aliphatic rings. The van der Waals surface area contributed by atoms with E-state index in [2.05, 4.69) is 24.5 Å². The lowest BCUT2D eigenvalue weighted by atomic mass is 10.0. The van der Waals surface area contributed by atoms with Gasteiger partial charge in [-0.1, -0.05) is 50.2 Å². The molecular formula is C19H24N2O2. The summed E-state index contributed by atoms with van der Waals surface area (Å²) >= 11 is 0. The van der Waals surface area contributed by atoms with Gasteiger partial charge in [-0.3, -0.25) is 0 Å². The van der Waals surface area contributed by atoms with Crippen LogP contribution in [0.1, 0.15) is 37.8 Å². The number of benzene rings is 2. The van der Waals surface area contributed by atoms with Gasteiger partial charge in [-0.25, -0.2) is 4.79 Å². The molecule has 2 rings (SSSR count). The minimum absolute atomic E-state index is 0.218. The first kappa shape index (κ1) is 16.9. The quantitative estimate of drug-likeness (QED) is 0.823. The van der Waals surface area contributed by atoms with Gasteiger partial charge < -0.3 is 15.4 Å². The van der Waals surface area contributed by atoms with Crippen molar-refractivity contribution in [1.82, 2.24) is 5.32 Å². The van der Waals surface area contributed by atoms with Gasteiger partial charge >= 0.3 is 6.03 Å². The van der Waals surface area contributed by atoms with E-state index in [4.69, 9.17) is 4.74 Å². The zero-order chi connectivity index (χ0) is 16.7. The first-order chi connectivity index (χ1) is 11.1. The molecule has 0 unspecified atom stereocenters. The maximum atomic E-state index is 12.2. The van der Waals surface area contributed by atoms with Crippen LogP contribution in [0.4, 0.5) is 10.5 Å². The molecule has 0 aliphatic carbocycles. The van der Waals surface area contributed by atoms with Gasteiger partial charge in [-0.2, -0.15) is 0 Å². The largest absolute Gasteiger partial charge is 0.494 e. The van der Waals surface area contributed by atoms with E-state index in [1.807, 2.05) is 55.5 Å². The number of anilines is 1. The fraction of sp³-hybridized carbons (Fsp3) is 0.316. The Hall–Kier alpha value is -2.49. The molecule has 122 valence electrons. The van der Waals surface area contributed by atoms with Crippen LogP contribution in [0, 0.1) is 0 Å². The Morgan fingerprint density at radius 2 is 1.78 bits per heavy atom. The lowest BCUT2D eigenvalue weighted by Crippen LogP contribution is -2.28. The van der Waals surface area contributed by atoms with Crippen molar-refractivity contribution in [3.63, 3.8) is 0 Å². The number of carbonyl (C=O) groups excluding carboxylic acids is 1. The Bertz CT molecular complexity index is 653. The van der Waals surface area contributed by atoms with Crippen LogP contribution in [0.15, 0.2) is 48.5 Å². The number of ether oxygens (including phenoxy) is 1. The minimum atomic E-state index is -0.218. The number of rotatable bonds is 6. The van der Waals surface area contributed by atoms with Gasteiger partial charge in [0.1, 0.15) is 5.75 Å². The molecule has 0 heterocycles. The van der Waals surface area contributed by atoms with Gasteiger partial charge in [-0.15, -0.1) is 0 Å². The summed E-state index contributed by atoms with van der Waals surface area (Å²) < 4.78 is 5.57. The third kappa shape index (κ3) is 4.74. The Labute approximate surface area is 137 Å². The van der Waals surface area contributed by atoms with Gasteiger partial charge in [-0.05, 0) is 30.5 Å². The number of amides is 2. The third-order valence-corrected chi connectivity index (χ3v) is 3.54. The van der Waals surface area contributed by atoms with Crippen LogP contribution >= 0.6 is 0 Å². The third-order valence-electron chi connectivity index (χ3n) is 3.54. The van der Waals surface area contributed by atoms with Gasteiger partial charge in [0, 0.05) is 17.8 Å². The van der Waals surface area contributed by atoms with E-state index in [9.17, 15) is 4.79 Å². The molecule has 23 heavy (non-hydrogen) atoms. The second-order valence-electron chi connectivity index (χ2n) is 5.59. The van der Waals surface area contributed by atoms with Crippen LogP contribution in [0.5, 0.6) is 5.75 Å². The van der Waals surface area contributed by atoms with Crippen LogP contribution in [0.25, 0.3) is 0 Å². The summed E-state index contributed by atoms with van der Waals surface area (Å²) in [5.41, 5.74) is 2.93. The molecule has 4 heteroatoms.